The summed E-state index contributed by atoms with van der Waals surface area (Å²) in [6.07, 6.45) is -2.73. The van der Waals surface area contributed by atoms with Gasteiger partial charge in [0.05, 0.1) is 29.5 Å². The molecule has 1 aromatic carbocycles. The van der Waals surface area contributed by atoms with Crippen LogP contribution in [0.4, 0.5) is 9.59 Å². The van der Waals surface area contributed by atoms with Gasteiger partial charge < -0.3 is 48.5 Å². The zero-order valence-corrected chi connectivity index (χ0v) is 38.7. The van der Waals surface area contributed by atoms with E-state index in [1.807, 2.05) is 56.3 Å². The normalized spacial score (nSPS) is 35.7. The van der Waals surface area contributed by atoms with Gasteiger partial charge in [0, 0.05) is 35.4 Å². The van der Waals surface area contributed by atoms with E-state index in [2.05, 4.69) is 10.3 Å². The number of carbonyl (C=O) groups is 5. The number of nitrogens with zero attached hydrogens (tertiary/aromatic N) is 2. The number of cyclic esters (lactones) is 1. The number of aliphatic hydroxyl groups excluding tert-OH is 1. The van der Waals surface area contributed by atoms with Crippen LogP contribution in [0.15, 0.2) is 42.6 Å². The number of benzene rings is 1. The molecule has 14 atom stereocenters. The number of aromatic nitrogens is 1. The number of para-hydroxylation sites is 1. The number of alkyl carbamates (subject to hydrolysis) is 1. The lowest BCUT2D eigenvalue weighted by molar-refractivity contribution is -0.300. The molecule has 0 bridgehead atoms. The van der Waals surface area contributed by atoms with Crippen LogP contribution in [0.25, 0.3) is 17.0 Å². The fourth-order valence-electron chi connectivity index (χ4n) is 9.40. The lowest BCUT2D eigenvalue weighted by Crippen LogP contribution is -2.61. The van der Waals surface area contributed by atoms with Gasteiger partial charge in [-0.2, -0.15) is 0 Å². The van der Waals surface area contributed by atoms with Gasteiger partial charge in [-0.15, -0.1) is 0 Å². The third-order valence-corrected chi connectivity index (χ3v) is 12.9. The summed E-state index contributed by atoms with van der Waals surface area (Å²) in [7, 11) is 3.66. The maximum Gasteiger partial charge on any atom is 0.509 e. The number of hydrogen-bond donors (Lipinski definition) is 2. The molecule has 0 spiro atoms. The maximum absolute atomic E-state index is 14.6. The number of fused-ring (bicyclic) bond motifs is 2. The number of ketones is 1. The van der Waals surface area contributed by atoms with E-state index in [4.69, 9.17) is 33.2 Å². The predicted molar refractivity (Wildman–Crippen MR) is 232 cm³/mol. The van der Waals surface area contributed by atoms with E-state index in [9.17, 15) is 29.1 Å². The average Bonchev–Trinajstić information content (AvgIpc) is 3.55. The van der Waals surface area contributed by atoms with Crippen molar-refractivity contribution in [3.05, 3.63) is 48.2 Å². The summed E-state index contributed by atoms with van der Waals surface area (Å²) in [6, 6.07) is 8.31. The van der Waals surface area contributed by atoms with Crippen molar-refractivity contribution < 1.29 is 62.2 Å². The van der Waals surface area contributed by atoms with Crippen LogP contribution in [0.1, 0.15) is 94.1 Å². The van der Waals surface area contributed by atoms with Crippen LogP contribution in [0, 0.1) is 29.6 Å². The summed E-state index contributed by atoms with van der Waals surface area (Å²) in [5, 5.41) is 15.5. The van der Waals surface area contributed by atoms with E-state index in [1.54, 1.807) is 80.7 Å². The number of nitrogens with one attached hydrogen (secondary N) is 1. The molecule has 0 saturated carbocycles. The van der Waals surface area contributed by atoms with E-state index in [1.165, 1.54) is 0 Å². The summed E-state index contributed by atoms with van der Waals surface area (Å²) in [4.78, 5) is 75.7. The number of Topliss-reactive ketones (excluding diaryl/α,β-unsaturated/α-hetero) is 1. The van der Waals surface area contributed by atoms with Crippen molar-refractivity contribution in [1.82, 2.24) is 15.2 Å². The third kappa shape index (κ3) is 11.2. The van der Waals surface area contributed by atoms with Gasteiger partial charge in [-0.3, -0.25) is 19.4 Å². The van der Waals surface area contributed by atoms with Crippen LogP contribution in [0.3, 0.4) is 0 Å². The molecule has 1 amide bonds. The minimum Gasteiger partial charge on any atom is -0.461 e. The molecule has 5 rings (SSSR count). The first-order valence-corrected chi connectivity index (χ1v) is 22.1. The molecule has 2 aromatic rings. The summed E-state index contributed by atoms with van der Waals surface area (Å²) in [5.41, 5.74) is -1.64. The third-order valence-electron chi connectivity index (χ3n) is 12.9. The molecule has 3 aliphatic heterocycles. The standard InChI is InChI=1S/C47H67N3O13/c1-13-35-47(10)39(49-44(55)62-47)28(6)36(51)26(4)23-46(9,63-45(56)57-20-16-17-31-22-32-18-14-15-19-33(32)48-24-31)40(61-43-37(52)34(50(11)12)21-27(5)58-43)29(7)38(30(8)42(54)59-35)60-41(53)25(2)3/h14-19,22,24-30,34-35,37-40,43,52H,13,20-21,23H2,1-12H3,(H,49,55)/t26-,27-,28+,29+,30-,34+,35-,37-,38+,39-,40-,43+,46-,47-/m1/s1. The number of pyridine rings is 1. The number of hydrogen-bond acceptors (Lipinski definition) is 15. The molecule has 16 heteroatoms. The molecule has 3 aliphatic rings. The van der Waals surface area contributed by atoms with Gasteiger partial charge in [0.2, 0.25) is 0 Å². The van der Waals surface area contributed by atoms with Crippen molar-refractivity contribution in [2.45, 2.75) is 149 Å². The Morgan fingerprint density at radius 3 is 2.43 bits per heavy atom. The molecule has 3 fully saturated rings. The number of carbonyl (C=O) groups excluding carboxylic acids is 5. The quantitative estimate of drug-likeness (QED) is 0.201. The van der Waals surface area contributed by atoms with Crippen LogP contribution < -0.4 is 5.32 Å². The number of amides is 1. The highest BCUT2D eigenvalue weighted by Crippen LogP contribution is 2.42. The zero-order chi connectivity index (χ0) is 46.6. The minimum atomic E-state index is -1.80. The van der Waals surface area contributed by atoms with E-state index in [-0.39, 0.29) is 31.3 Å². The van der Waals surface area contributed by atoms with E-state index in [0.29, 0.717) is 6.42 Å². The fourth-order valence-corrected chi connectivity index (χ4v) is 9.40. The molecule has 4 heterocycles. The van der Waals surface area contributed by atoms with Gasteiger partial charge in [0.25, 0.3) is 0 Å². The second-order valence-corrected chi connectivity index (χ2v) is 18.5. The van der Waals surface area contributed by atoms with Crippen LogP contribution >= 0.6 is 0 Å². The molecule has 16 nitrogen and oxygen atoms in total. The summed E-state index contributed by atoms with van der Waals surface area (Å²) < 4.78 is 43.1. The number of esters is 2. The van der Waals surface area contributed by atoms with Crippen molar-refractivity contribution in [1.29, 1.82) is 0 Å². The van der Waals surface area contributed by atoms with Gasteiger partial charge >= 0.3 is 24.2 Å². The molecule has 0 aliphatic carbocycles. The lowest BCUT2D eigenvalue weighted by Gasteiger charge is -2.48. The summed E-state index contributed by atoms with van der Waals surface area (Å²) in [5.74, 6) is -6.24. The highest BCUT2D eigenvalue weighted by molar-refractivity contribution is 5.85. The minimum absolute atomic E-state index is 0.173. The SMILES string of the molecule is CC[C@H]1OC(=O)[C@H](C)[C@@H](OC(=O)C(C)C)[C@H](C)[C@@H](O[C@@H]2O[C@H](C)C[C@H](N(C)C)[C@H]2O)[C@](C)(OC(=O)OCC=Cc2cnc3ccccc3c2)C[C@@H](C)C(=O)[C@H](C)[C@H]2NC(=O)O[C@@]21C. The van der Waals surface area contributed by atoms with E-state index >= 15 is 0 Å². The Balaban J connectivity index is 1.59. The van der Waals surface area contributed by atoms with Gasteiger partial charge in [-0.05, 0) is 84.8 Å². The van der Waals surface area contributed by atoms with Gasteiger partial charge in [0.15, 0.2) is 11.9 Å². The Labute approximate surface area is 370 Å². The van der Waals surface area contributed by atoms with Crippen LogP contribution in [-0.4, -0.2) is 126 Å². The van der Waals surface area contributed by atoms with Crippen molar-refractivity contribution in [3.8, 4) is 0 Å². The van der Waals surface area contributed by atoms with Gasteiger partial charge in [-0.25, -0.2) is 9.59 Å². The fraction of sp³-hybridized carbons (Fsp3) is 0.660. The average molecular weight is 882 g/mol. The second-order valence-electron chi connectivity index (χ2n) is 18.5. The molecule has 0 radical (unpaired) electrons. The monoisotopic (exact) mass is 881 g/mol. The Hall–Kier alpha value is -4.64. The Bertz CT molecular complexity index is 1990. The highest BCUT2D eigenvalue weighted by Gasteiger charge is 2.58. The molecule has 2 N–H and O–H groups in total. The van der Waals surface area contributed by atoms with Crippen LogP contribution in [0.5, 0.6) is 0 Å². The first kappa shape index (κ1) is 49.4. The summed E-state index contributed by atoms with van der Waals surface area (Å²) >= 11 is 0. The number of likely N-dealkylation sites (N-methyl/N-ethyl adjacent to an activating group) is 1. The van der Waals surface area contributed by atoms with E-state index in [0.717, 1.165) is 16.5 Å². The van der Waals surface area contributed by atoms with Crippen molar-refractivity contribution in [2.75, 3.05) is 20.7 Å². The topological polar surface area (TPSA) is 198 Å². The highest BCUT2D eigenvalue weighted by atomic mass is 16.8. The van der Waals surface area contributed by atoms with Crippen molar-refractivity contribution >= 4 is 46.9 Å². The predicted octanol–water partition coefficient (Wildman–Crippen LogP) is 6.25. The molecule has 348 valence electrons. The van der Waals surface area contributed by atoms with Crippen LogP contribution in [0.2, 0.25) is 0 Å². The van der Waals surface area contributed by atoms with Gasteiger partial charge in [-0.1, -0.05) is 65.8 Å². The Morgan fingerprint density at radius 2 is 1.76 bits per heavy atom. The smallest absolute Gasteiger partial charge is 0.461 e. The maximum atomic E-state index is 14.6. The first-order chi connectivity index (χ1) is 29.6. The molecule has 0 unspecified atom stereocenters. The first-order valence-electron chi connectivity index (χ1n) is 22.1. The zero-order valence-electron chi connectivity index (χ0n) is 38.7. The second kappa shape index (κ2) is 20.5. The Kier molecular flexibility index (Phi) is 16.0. The molecule has 3 saturated heterocycles. The molecule has 63 heavy (non-hydrogen) atoms. The largest absolute Gasteiger partial charge is 0.509 e. The van der Waals surface area contributed by atoms with Crippen LogP contribution in [-0.2, 0) is 47.5 Å². The number of ether oxygens (including phenoxy) is 7. The summed E-state index contributed by atoms with van der Waals surface area (Å²) in [6.45, 7) is 16.5. The molecule has 1 aromatic heterocycles. The Morgan fingerprint density at radius 1 is 1.06 bits per heavy atom. The molecular weight excluding hydrogens is 815 g/mol. The number of aliphatic hydroxyl groups is 1. The van der Waals surface area contributed by atoms with E-state index < -0.39 is 108 Å². The van der Waals surface area contributed by atoms with Crippen molar-refractivity contribution in [2.24, 2.45) is 29.6 Å². The number of rotatable bonds is 10. The van der Waals surface area contributed by atoms with Crippen molar-refractivity contribution in [3.63, 3.8) is 0 Å². The molecular formula is C47H67N3O13. The van der Waals surface area contributed by atoms with Gasteiger partial charge in [0.1, 0.15) is 42.4 Å². The lowest BCUT2D eigenvalue weighted by atomic mass is 9.73.